The van der Waals surface area contributed by atoms with Crippen molar-refractivity contribution in [3.05, 3.63) is 46.2 Å². The molecule has 0 saturated carbocycles. The summed E-state index contributed by atoms with van der Waals surface area (Å²) in [6, 6.07) is 3.78. The summed E-state index contributed by atoms with van der Waals surface area (Å²) in [4.78, 5) is 21.4. The van der Waals surface area contributed by atoms with E-state index in [0.29, 0.717) is 11.6 Å². The predicted octanol–water partition coefficient (Wildman–Crippen LogP) is 4.04. The zero-order valence-electron chi connectivity index (χ0n) is 13.7. The van der Waals surface area contributed by atoms with Crippen molar-refractivity contribution >= 4 is 39.9 Å². The zero-order chi connectivity index (χ0) is 18.2. The Balaban J connectivity index is 2.09. The molecular weight excluding hydrogens is 376 g/mol. The predicted molar refractivity (Wildman–Crippen MR) is 104 cm³/mol. The first kappa shape index (κ1) is 19.7. The number of rotatable bonds is 8. The van der Waals surface area contributed by atoms with E-state index in [-0.39, 0.29) is 18.0 Å². The summed E-state index contributed by atoms with van der Waals surface area (Å²) in [6.45, 7) is 1.98. The van der Waals surface area contributed by atoms with Gasteiger partial charge in [-0.15, -0.1) is 11.3 Å². The number of pyridine rings is 1. The Labute approximate surface area is 159 Å². The van der Waals surface area contributed by atoms with Gasteiger partial charge in [0, 0.05) is 40.4 Å². The summed E-state index contributed by atoms with van der Waals surface area (Å²) in [5.41, 5.74) is 1.87. The quantitative estimate of drug-likeness (QED) is 0.386. The van der Waals surface area contributed by atoms with E-state index in [9.17, 15) is 9.35 Å². The van der Waals surface area contributed by atoms with Crippen molar-refractivity contribution in [2.45, 2.75) is 26.2 Å². The lowest BCUT2D eigenvalue weighted by atomic mass is 10.1. The second kappa shape index (κ2) is 9.73. The van der Waals surface area contributed by atoms with E-state index < -0.39 is 11.2 Å². The highest BCUT2D eigenvalue weighted by Gasteiger charge is 2.13. The normalized spacial score (nSPS) is 12.6. The van der Waals surface area contributed by atoms with Crippen LogP contribution in [0.3, 0.4) is 0 Å². The van der Waals surface area contributed by atoms with Crippen LogP contribution in [0.4, 0.5) is 0 Å². The van der Waals surface area contributed by atoms with Crippen molar-refractivity contribution in [2.24, 2.45) is 0 Å². The van der Waals surface area contributed by atoms with Crippen LogP contribution in [0.5, 0.6) is 0 Å². The van der Waals surface area contributed by atoms with Crippen molar-refractivity contribution in [3.8, 4) is 22.2 Å². The molecule has 2 heterocycles. The molecule has 0 aliphatic carbocycles. The largest absolute Gasteiger partial charge is 0.604 e. The molecule has 0 fully saturated rings. The first-order valence-corrected chi connectivity index (χ1v) is 10.2. The lowest BCUT2D eigenvalue weighted by Gasteiger charge is -2.04. The van der Waals surface area contributed by atoms with Gasteiger partial charge < -0.3 is 4.55 Å². The molecule has 0 N–H and O–H groups in total. The molecular formula is C18H17ClN2O2S2. The van der Waals surface area contributed by atoms with E-state index >= 15 is 0 Å². The van der Waals surface area contributed by atoms with Crippen LogP contribution in [-0.4, -0.2) is 26.1 Å². The number of allylic oxidation sites excluding steroid dienone is 2. The molecule has 1 atom stereocenters. The van der Waals surface area contributed by atoms with Crippen molar-refractivity contribution in [1.29, 1.82) is 0 Å². The monoisotopic (exact) mass is 392 g/mol. The van der Waals surface area contributed by atoms with Crippen LogP contribution in [0.1, 0.15) is 24.6 Å². The van der Waals surface area contributed by atoms with Gasteiger partial charge in [-0.2, -0.15) is 0 Å². The number of halogens is 1. The highest BCUT2D eigenvalue weighted by molar-refractivity contribution is 7.96. The van der Waals surface area contributed by atoms with Gasteiger partial charge in [-0.05, 0) is 24.6 Å². The smallest absolute Gasteiger partial charge is 0.160 e. The molecule has 0 spiro atoms. The van der Waals surface area contributed by atoms with Gasteiger partial charge in [0.2, 0.25) is 0 Å². The molecule has 0 aliphatic rings. The van der Waals surface area contributed by atoms with E-state index in [1.54, 1.807) is 18.5 Å². The Morgan fingerprint density at radius 3 is 3.00 bits per heavy atom. The standard InChI is InChI=1S/C18H17ClN2O2S2/c1-3-13(10-15(22)7-9-25(23)4-2)11-16-17(19)21-18(24-16)14-6-5-8-20-12-14/h2,5-6,8,10,12H,3,7,9,11H2,1H3/b13-10+. The summed E-state index contributed by atoms with van der Waals surface area (Å²) >= 11 is 6.37. The molecule has 25 heavy (non-hydrogen) atoms. The van der Waals surface area contributed by atoms with E-state index in [0.717, 1.165) is 27.4 Å². The van der Waals surface area contributed by atoms with Gasteiger partial charge in [0.25, 0.3) is 0 Å². The van der Waals surface area contributed by atoms with Crippen LogP contribution in [0.2, 0.25) is 5.15 Å². The molecule has 0 aromatic carbocycles. The maximum absolute atomic E-state index is 12.0. The SMILES string of the molecule is C#C[S+]([O-])CCC(=O)/C=C(\CC)Cc1sc(-c2cccnc2)nc1Cl. The number of carbonyl (C=O) groups is 1. The average Bonchev–Trinajstić information content (AvgIpc) is 3.00. The molecule has 4 nitrogen and oxygen atoms in total. The van der Waals surface area contributed by atoms with E-state index in [1.807, 2.05) is 19.1 Å². The van der Waals surface area contributed by atoms with Gasteiger partial charge in [-0.1, -0.05) is 30.5 Å². The molecule has 2 aromatic heterocycles. The van der Waals surface area contributed by atoms with Gasteiger partial charge in [-0.25, -0.2) is 4.98 Å². The average molecular weight is 393 g/mol. The van der Waals surface area contributed by atoms with Crippen molar-refractivity contribution < 1.29 is 9.35 Å². The third kappa shape index (κ3) is 5.98. The Kier molecular flexibility index (Phi) is 7.66. The van der Waals surface area contributed by atoms with Gasteiger partial charge in [0.1, 0.15) is 21.2 Å². The first-order valence-electron chi connectivity index (χ1n) is 7.66. The number of carbonyl (C=O) groups excluding carboxylic acids is 1. The number of thiazole rings is 1. The Morgan fingerprint density at radius 1 is 1.56 bits per heavy atom. The number of terminal acetylenes is 1. The highest BCUT2D eigenvalue weighted by Crippen LogP contribution is 2.32. The van der Waals surface area contributed by atoms with Crippen molar-refractivity contribution in [3.63, 3.8) is 0 Å². The Hall–Kier alpha value is -1.65. The van der Waals surface area contributed by atoms with Gasteiger partial charge in [-0.3, -0.25) is 9.78 Å². The topological polar surface area (TPSA) is 65.9 Å². The maximum Gasteiger partial charge on any atom is 0.160 e. The van der Waals surface area contributed by atoms with E-state index in [2.05, 4.69) is 15.2 Å². The Bertz CT molecular complexity index is 797. The molecule has 7 heteroatoms. The first-order chi connectivity index (χ1) is 12.0. The lowest BCUT2D eigenvalue weighted by molar-refractivity contribution is -0.114. The molecule has 0 aliphatic heterocycles. The second-order valence-electron chi connectivity index (χ2n) is 5.19. The van der Waals surface area contributed by atoms with Gasteiger partial charge in [0.15, 0.2) is 5.78 Å². The van der Waals surface area contributed by atoms with E-state index in [1.165, 1.54) is 11.3 Å². The van der Waals surface area contributed by atoms with Crippen molar-refractivity contribution in [1.82, 2.24) is 9.97 Å². The molecule has 0 saturated heterocycles. The molecule has 0 amide bonds. The summed E-state index contributed by atoms with van der Waals surface area (Å²) < 4.78 is 11.2. The number of ketones is 1. The molecule has 2 aromatic rings. The number of nitrogens with zero attached hydrogens (tertiary/aromatic N) is 2. The minimum absolute atomic E-state index is 0.0754. The number of hydrogen-bond acceptors (Lipinski definition) is 5. The highest BCUT2D eigenvalue weighted by atomic mass is 35.5. The van der Waals surface area contributed by atoms with Crippen molar-refractivity contribution in [2.75, 3.05) is 5.75 Å². The fourth-order valence-electron chi connectivity index (χ4n) is 2.09. The molecule has 0 bridgehead atoms. The van der Waals surface area contributed by atoms with Crippen LogP contribution in [0.15, 0.2) is 36.2 Å². The number of aromatic nitrogens is 2. The van der Waals surface area contributed by atoms with Crippen LogP contribution in [0.25, 0.3) is 10.6 Å². The fraction of sp³-hybridized carbons (Fsp3) is 0.278. The molecule has 0 radical (unpaired) electrons. The molecule has 2 rings (SSSR count). The zero-order valence-corrected chi connectivity index (χ0v) is 16.1. The summed E-state index contributed by atoms with van der Waals surface area (Å²) in [5.74, 6) is 0.114. The summed E-state index contributed by atoms with van der Waals surface area (Å²) in [5, 5.41) is 3.38. The third-order valence-electron chi connectivity index (χ3n) is 3.43. The maximum atomic E-state index is 12.0. The number of hydrogen-bond donors (Lipinski definition) is 0. The third-order valence-corrected chi connectivity index (χ3v) is 5.80. The minimum Gasteiger partial charge on any atom is -0.604 e. The van der Waals surface area contributed by atoms with Gasteiger partial charge >= 0.3 is 0 Å². The lowest BCUT2D eigenvalue weighted by Crippen LogP contribution is -2.08. The summed E-state index contributed by atoms with van der Waals surface area (Å²) in [7, 11) is 0. The van der Waals surface area contributed by atoms with Crippen LogP contribution >= 0.6 is 22.9 Å². The molecule has 130 valence electrons. The minimum atomic E-state index is -1.38. The van der Waals surface area contributed by atoms with Gasteiger partial charge in [0.05, 0.1) is 6.42 Å². The van der Waals surface area contributed by atoms with E-state index in [4.69, 9.17) is 18.0 Å². The Morgan fingerprint density at radius 2 is 2.36 bits per heavy atom. The fourth-order valence-corrected chi connectivity index (χ4v) is 3.91. The molecule has 1 unspecified atom stereocenters. The second-order valence-corrected chi connectivity index (χ2v) is 7.97. The van der Waals surface area contributed by atoms with Crippen LogP contribution < -0.4 is 0 Å². The summed E-state index contributed by atoms with van der Waals surface area (Å²) in [6.07, 6.45) is 11.6. The van der Waals surface area contributed by atoms with Crippen LogP contribution in [-0.2, 0) is 22.4 Å². The van der Waals surface area contributed by atoms with Crippen LogP contribution in [0, 0.1) is 11.7 Å².